The van der Waals surface area contributed by atoms with Crippen LogP contribution in [0.4, 0.5) is 0 Å². The second-order valence-electron chi connectivity index (χ2n) is 6.40. The summed E-state index contributed by atoms with van der Waals surface area (Å²) in [7, 11) is 0. The monoisotopic (exact) mass is 419 g/mol. The molecule has 0 aliphatic carbocycles. The Kier molecular flexibility index (Phi) is 4.91. The Labute approximate surface area is 170 Å². The Morgan fingerprint density at radius 3 is 2.61 bits per heavy atom. The Morgan fingerprint density at radius 1 is 1.11 bits per heavy atom. The topological polar surface area (TPSA) is 76.1 Å². The van der Waals surface area contributed by atoms with Crippen LogP contribution >= 0.6 is 23.2 Å². The summed E-state index contributed by atoms with van der Waals surface area (Å²) in [6.45, 7) is 0.535. The van der Waals surface area contributed by atoms with Crippen molar-refractivity contribution in [3.05, 3.63) is 69.2 Å². The van der Waals surface area contributed by atoms with Gasteiger partial charge in [0.1, 0.15) is 0 Å². The first-order chi connectivity index (χ1) is 13.5. The minimum Gasteiger partial charge on any atom is -0.478 e. The molecule has 8 heteroatoms. The van der Waals surface area contributed by atoms with Gasteiger partial charge in [0, 0.05) is 18.7 Å². The fraction of sp³-hybridized carbons (Fsp3) is 0.200. The van der Waals surface area contributed by atoms with E-state index in [0.29, 0.717) is 40.1 Å². The number of carbonyl (C=O) groups excluding carboxylic acids is 1. The maximum atomic E-state index is 12.8. The molecule has 1 amide bonds. The van der Waals surface area contributed by atoms with E-state index < -0.39 is 17.9 Å². The Morgan fingerprint density at radius 2 is 1.86 bits per heavy atom. The predicted octanol–water partition coefficient (Wildman–Crippen LogP) is 3.84. The minimum absolute atomic E-state index is 0.144. The molecule has 2 aromatic carbocycles. The number of aliphatic carboxylic acids is 1. The lowest BCUT2D eigenvalue weighted by Gasteiger charge is -2.37. The molecular weight excluding hydrogens is 405 g/mol. The van der Waals surface area contributed by atoms with Gasteiger partial charge in [-0.15, -0.1) is 0 Å². The van der Waals surface area contributed by atoms with Crippen LogP contribution in [0.5, 0.6) is 11.5 Å². The first-order valence-corrected chi connectivity index (χ1v) is 9.29. The van der Waals surface area contributed by atoms with Gasteiger partial charge in [0.2, 0.25) is 12.7 Å². The molecule has 2 aromatic rings. The van der Waals surface area contributed by atoms with Gasteiger partial charge < -0.3 is 19.5 Å². The third-order valence-corrected chi connectivity index (χ3v) is 5.62. The van der Waals surface area contributed by atoms with E-state index in [4.69, 9.17) is 37.8 Å². The molecule has 6 nitrogen and oxygen atoms in total. The largest absolute Gasteiger partial charge is 0.478 e. The van der Waals surface area contributed by atoms with Gasteiger partial charge in [-0.2, -0.15) is 0 Å². The molecule has 1 unspecified atom stereocenters. The van der Waals surface area contributed by atoms with E-state index in [0.717, 1.165) is 23.3 Å². The SMILES string of the molecule is O=C(O)/C=C\C(=O)N1CCc2cc3c(cc2C1c1cccc(Cl)c1Cl)OCO3. The van der Waals surface area contributed by atoms with Crippen molar-refractivity contribution in [1.29, 1.82) is 0 Å². The van der Waals surface area contributed by atoms with Gasteiger partial charge >= 0.3 is 5.97 Å². The van der Waals surface area contributed by atoms with Crippen molar-refractivity contribution in [1.82, 2.24) is 4.90 Å². The second kappa shape index (κ2) is 7.37. The lowest BCUT2D eigenvalue weighted by atomic mass is 9.87. The summed E-state index contributed by atoms with van der Waals surface area (Å²) in [5, 5.41) is 9.58. The van der Waals surface area contributed by atoms with Crippen molar-refractivity contribution >= 4 is 35.1 Å². The minimum atomic E-state index is -1.19. The van der Waals surface area contributed by atoms with Crippen LogP contribution in [0.15, 0.2) is 42.5 Å². The Hall–Kier alpha value is -2.70. The van der Waals surface area contributed by atoms with Crippen LogP contribution in [0.2, 0.25) is 10.0 Å². The maximum absolute atomic E-state index is 12.8. The van der Waals surface area contributed by atoms with Crippen LogP contribution in [0.3, 0.4) is 0 Å². The molecule has 28 heavy (non-hydrogen) atoms. The fourth-order valence-electron chi connectivity index (χ4n) is 3.55. The molecule has 0 saturated heterocycles. The van der Waals surface area contributed by atoms with E-state index in [1.807, 2.05) is 12.1 Å². The molecule has 0 fully saturated rings. The highest BCUT2D eigenvalue weighted by atomic mass is 35.5. The van der Waals surface area contributed by atoms with Gasteiger partial charge in [0.25, 0.3) is 0 Å². The summed E-state index contributed by atoms with van der Waals surface area (Å²) in [6.07, 6.45) is 2.47. The summed E-state index contributed by atoms with van der Waals surface area (Å²) in [6, 6.07) is 8.47. The van der Waals surface area contributed by atoms with E-state index in [9.17, 15) is 9.59 Å². The molecule has 0 saturated carbocycles. The highest BCUT2D eigenvalue weighted by molar-refractivity contribution is 6.42. The fourth-order valence-corrected chi connectivity index (χ4v) is 3.96. The number of hydrogen-bond acceptors (Lipinski definition) is 4. The molecule has 2 aliphatic heterocycles. The molecule has 0 bridgehead atoms. The van der Waals surface area contributed by atoms with E-state index in [-0.39, 0.29) is 6.79 Å². The number of fused-ring (bicyclic) bond motifs is 2. The van der Waals surface area contributed by atoms with Crippen molar-refractivity contribution in [3.8, 4) is 11.5 Å². The van der Waals surface area contributed by atoms with Gasteiger partial charge in [-0.1, -0.05) is 35.3 Å². The highest BCUT2D eigenvalue weighted by Crippen LogP contribution is 2.45. The number of halogens is 2. The zero-order chi connectivity index (χ0) is 19.8. The van der Waals surface area contributed by atoms with Crippen LogP contribution in [0, 0.1) is 0 Å². The predicted molar refractivity (Wildman–Crippen MR) is 103 cm³/mol. The van der Waals surface area contributed by atoms with Crippen molar-refractivity contribution in [3.63, 3.8) is 0 Å². The third-order valence-electron chi connectivity index (χ3n) is 4.79. The summed E-state index contributed by atoms with van der Waals surface area (Å²) in [5.74, 6) is -0.351. The van der Waals surface area contributed by atoms with Gasteiger partial charge in [-0.3, -0.25) is 4.79 Å². The van der Waals surface area contributed by atoms with E-state index in [2.05, 4.69) is 0 Å². The van der Waals surface area contributed by atoms with Crippen LogP contribution in [0.25, 0.3) is 0 Å². The van der Waals surface area contributed by atoms with Crippen molar-refractivity contribution < 1.29 is 24.2 Å². The number of ether oxygens (including phenoxy) is 2. The molecule has 0 spiro atoms. The lowest BCUT2D eigenvalue weighted by molar-refractivity contribution is -0.132. The first-order valence-electron chi connectivity index (χ1n) is 8.53. The van der Waals surface area contributed by atoms with Gasteiger partial charge in [0.15, 0.2) is 11.5 Å². The van der Waals surface area contributed by atoms with Gasteiger partial charge in [0.05, 0.1) is 16.1 Å². The van der Waals surface area contributed by atoms with Gasteiger partial charge in [-0.25, -0.2) is 4.79 Å². The van der Waals surface area contributed by atoms with E-state index in [1.54, 1.807) is 23.1 Å². The molecule has 0 aromatic heterocycles. The third kappa shape index (κ3) is 3.30. The average Bonchev–Trinajstić information content (AvgIpc) is 3.13. The molecule has 4 rings (SSSR count). The normalized spacial score (nSPS) is 17.6. The molecule has 1 N–H and O–H groups in total. The van der Waals surface area contributed by atoms with Gasteiger partial charge in [-0.05, 0) is 41.3 Å². The average molecular weight is 420 g/mol. The number of carboxylic acid groups (broad SMARTS) is 1. The van der Waals surface area contributed by atoms with Crippen molar-refractivity contribution in [2.24, 2.45) is 0 Å². The Balaban J connectivity index is 1.85. The zero-order valence-corrected chi connectivity index (χ0v) is 16.0. The summed E-state index contributed by atoms with van der Waals surface area (Å²) < 4.78 is 11.0. The number of hydrogen-bond donors (Lipinski definition) is 1. The summed E-state index contributed by atoms with van der Waals surface area (Å²) >= 11 is 12.7. The smallest absolute Gasteiger partial charge is 0.328 e. The molecule has 0 radical (unpaired) electrons. The lowest BCUT2D eigenvalue weighted by Crippen LogP contribution is -2.40. The standard InChI is InChI=1S/C20H15Cl2NO5/c21-14-3-1-2-12(19(14)22)20-13-9-16-15(27-10-28-16)8-11(13)6-7-23(20)17(24)4-5-18(25)26/h1-5,8-9,20H,6-7,10H2,(H,25,26)/b5-4-. The van der Waals surface area contributed by atoms with Crippen LogP contribution in [0.1, 0.15) is 22.7 Å². The number of nitrogens with zero attached hydrogens (tertiary/aromatic N) is 1. The van der Waals surface area contributed by atoms with Crippen LogP contribution < -0.4 is 9.47 Å². The molecular formula is C20H15Cl2NO5. The molecule has 144 valence electrons. The maximum Gasteiger partial charge on any atom is 0.328 e. The molecule has 2 heterocycles. The van der Waals surface area contributed by atoms with E-state index in [1.165, 1.54) is 0 Å². The molecule has 1 atom stereocenters. The van der Waals surface area contributed by atoms with Crippen LogP contribution in [-0.2, 0) is 16.0 Å². The van der Waals surface area contributed by atoms with Crippen molar-refractivity contribution in [2.45, 2.75) is 12.5 Å². The van der Waals surface area contributed by atoms with E-state index >= 15 is 0 Å². The first kappa shape index (κ1) is 18.7. The van der Waals surface area contributed by atoms with Crippen LogP contribution in [-0.4, -0.2) is 35.2 Å². The highest BCUT2D eigenvalue weighted by Gasteiger charge is 2.34. The number of rotatable bonds is 3. The Bertz CT molecular complexity index is 1000. The number of amides is 1. The summed E-state index contributed by atoms with van der Waals surface area (Å²) in [5.41, 5.74) is 2.51. The number of carbonyl (C=O) groups is 2. The number of carboxylic acids is 1. The second-order valence-corrected chi connectivity index (χ2v) is 7.19. The zero-order valence-electron chi connectivity index (χ0n) is 14.5. The molecule has 2 aliphatic rings. The number of benzene rings is 2. The van der Waals surface area contributed by atoms with Crippen molar-refractivity contribution in [2.75, 3.05) is 13.3 Å². The summed E-state index contributed by atoms with van der Waals surface area (Å²) in [4.78, 5) is 25.2. The quantitative estimate of drug-likeness (QED) is 0.764.